The first-order valence-corrected chi connectivity index (χ1v) is 8.99. The van der Waals surface area contributed by atoms with Gasteiger partial charge in [0.2, 0.25) is 5.91 Å². The molecule has 0 spiro atoms. The first-order chi connectivity index (χ1) is 13.6. The van der Waals surface area contributed by atoms with Crippen LogP contribution < -0.4 is 20.2 Å². The first-order valence-electron chi connectivity index (χ1n) is 8.99. The van der Waals surface area contributed by atoms with Crippen LogP contribution in [0.2, 0.25) is 0 Å². The standard InChI is InChI=1S/C20H25N3O5/c1-26-17-10-9-15(13-18(17)27-2)20(25)21-11-5-3-4-8-19(24)23-22-14-16-7-6-12-28-16/h6-7,9-10,12-14H,3-5,8,11H2,1-2H3,(H,21,25)(H,23,24). The highest BCUT2D eigenvalue weighted by molar-refractivity contribution is 5.94. The van der Waals surface area contributed by atoms with Crippen molar-refractivity contribution in [3.63, 3.8) is 0 Å². The number of nitrogens with one attached hydrogen (secondary N) is 2. The molecular formula is C20H25N3O5. The molecule has 0 aliphatic carbocycles. The van der Waals surface area contributed by atoms with Crippen molar-refractivity contribution >= 4 is 18.0 Å². The molecule has 0 unspecified atom stereocenters. The monoisotopic (exact) mass is 387 g/mol. The second-order valence-corrected chi connectivity index (χ2v) is 5.94. The Morgan fingerprint density at radius 2 is 1.93 bits per heavy atom. The molecule has 28 heavy (non-hydrogen) atoms. The Bertz CT molecular complexity index is 787. The largest absolute Gasteiger partial charge is 0.493 e. The van der Waals surface area contributed by atoms with Gasteiger partial charge in [-0.2, -0.15) is 5.10 Å². The van der Waals surface area contributed by atoms with E-state index in [0.29, 0.717) is 42.2 Å². The van der Waals surface area contributed by atoms with Crippen molar-refractivity contribution in [2.75, 3.05) is 20.8 Å². The van der Waals surface area contributed by atoms with Crippen molar-refractivity contribution in [2.45, 2.75) is 25.7 Å². The van der Waals surface area contributed by atoms with E-state index in [1.807, 2.05) is 0 Å². The molecule has 8 heteroatoms. The number of methoxy groups -OCH3 is 2. The summed E-state index contributed by atoms with van der Waals surface area (Å²) in [5, 5.41) is 6.67. The number of nitrogens with zero attached hydrogens (tertiary/aromatic N) is 1. The van der Waals surface area contributed by atoms with E-state index in [9.17, 15) is 9.59 Å². The predicted molar refractivity (Wildman–Crippen MR) is 105 cm³/mol. The molecule has 0 bridgehead atoms. The van der Waals surface area contributed by atoms with Crippen molar-refractivity contribution in [3.8, 4) is 11.5 Å². The SMILES string of the molecule is COc1ccc(C(=O)NCCCCCC(=O)NN=Cc2ccco2)cc1OC. The van der Waals surface area contributed by atoms with Crippen LogP contribution in [-0.2, 0) is 4.79 Å². The molecule has 0 aliphatic heterocycles. The Morgan fingerprint density at radius 3 is 2.64 bits per heavy atom. The van der Waals surface area contributed by atoms with Crippen LogP contribution in [0.15, 0.2) is 46.1 Å². The Morgan fingerprint density at radius 1 is 1.11 bits per heavy atom. The molecule has 0 fully saturated rings. The number of furan rings is 1. The summed E-state index contributed by atoms with van der Waals surface area (Å²) in [6.07, 6.45) is 5.67. The summed E-state index contributed by atoms with van der Waals surface area (Å²) in [5.74, 6) is 1.33. The minimum Gasteiger partial charge on any atom is -0.493 e. The van der Waals surface area contributed by atoms with Gasteiger partial charge in [-0.05, 0) is 43.2 Å². The number of hydrogen-bond donors (Lipinski definition) is 2. The van der Waals surface area contributed by atoms with E-state index in [2.05, 4.69) is 15.8 Å². The van der Waals surface area contributed by atoms with Crippen LogP contribution in [0, 0.1) is 0 Å². The molecule has 1 aromatic carbocycles. The number of rotatable bonds is 11. The maximum Gasteiger partial charge on any atom is 0.251 e. The van der Waals surface area contributed by atoms with Gasteiger partial charge in [-0.15, -0.1) is 0 Å². The molecule has 0 radical (unpaired) electrons. The molecule has 2 N–H and O–H groups in total. The summed E-state index contributed by atoms with van der Waals surface area (Å²) in [4.78, 5) is 23.8. The van der Waals surface area contributed by atoms with E-state index >= 15 is 0 Å². The zero-order chi connectivity index (χ0) is 20.2. The van der Waals surface area contributed by atoms with Crippen LogP contribution in [-0.4, -0.2) is 38.8 Å². The van der Waals surface area contributed by atoms with Gasteiger partial charge in [-0.3, -0.25) is 9.59 Å². The average molecular weight is 387 g/mol. The molecular weight excluding hydrogens is 362 g/mol. The van der Waals surface area contributed by atoms with E-state index < -0.39 is 0 Å². The molecule has 2 aromatic rings. The van der Waals surface area contributed by atoms with Crippen LogP contribution in [0.25, 0.3) is 0 Å². The molecule has 1 aromatic heterocycles. The van der Waals surface area contributed by atoms with Crippen LogP contribution in [0.1, 0.15) is 41.8 Å². The number of carbonyl (C=O) groups is 2. The van der Waals surface area contributed by atoms with Gasteiger partial charge in [0.25, 0.3) is 5.91 Å². The van der Waals surface area contributed by atoms with E-state index in [-0.39, 0.29) is 11.8 Å². The van der Waals surface area contributed by atoms with Gasteiger partial charge in [0.05, 0.1) is 26.7 Å². The highest BCUT2D eigenvalue weighted by Gasteiger charge is 2.10. The summed E-state index contributed by atoms with van der Waals surface area (Å²) < 4.78 is 15.4. The Kier molecular flexibility index (Phi) is 8.58. The number of hydrogen-bond acceptors (Lipinski definition) is 6. The number of ether oxygens (including phenoxy) is 2. The lowest BCUT2D eigenvalue weighted by atomic mass is 10.1. The molecule has 0 aliphatic rings. The Hall–Kier alpha value is -3.29. The summed E-state index contributed by atoms with van der Waals surface area (Å²) >= 11 is 0. The lowest BCUT2D eigenvalue weighted by Gasteiger charge is -2.10. The third kappa shape index (κ3) is 6.79. The number of benzene rings is 1. The third-order valence-electron chi connectivity index (χ3n) is 3.94. The number of carbonyl (C=O) groups excluding carboxylic acids is 2. The van der Waals surface area contributed by atoms with Gasteiger partial charge in [0.1, 0.15) is 5.76 Å². The predicted octanol–water partition coefficient (Wildman–Crippen LogP) is 2.74. The molecule has 2 rings (SSSR count). The van der Waals surface area contributed by atoms with Gasteiger partial charge >= 0.3 is 0 Å². The second kappa shape index (κ2) is 11.4. The fourth-order valence-corrected chi connectivity index (χ4v) is 2.46. The normalized spacial score (nSPS) is 10.6. The zero-order valence-corrected chi connectivity index (χ0v) is 16.1. The van der Waals surface area contributed by atoms with Crippen molar-refractivity contribution in [1.29, 1.82) is 0 Å². The highest BCUT2D eigenvalue weighted by atomic mass is 16.5. The minimum atomic E-state index is -0.175. The number of unbranched alkanes of at least 4 members (excludes halogenated alkanes) is 2. The van der Waals surface area contributed by atoms with Gasteiger partial charge in [-0.25, -0.2) is 5.43 Å². The van der Waals surface area contributed by atoms with Gasteiger partial charge < -0.3 is 19.2 Å². The molecule has 8 nitrogen and oxygen atoms in total. The summed E-state index contributed by atoms with van der Waals surface area (Å²) in [5.41, 5.74) is 2.96. The van der Waals surface area contributed by atoms with Gasteiger partial charge in [-0.1, -0.05) is 6.42 Å². The lowest BCUT2D eigenvalue weighted by Crippen LogP contribution is -2.24. The van der Waals surface area contributed by atoms with Crippen LogP contribution >= 0.6 is 0 Å². The summed E-state index contributed by atoms with van der Waals surface area (Å²) in [6, 6.07) is 8.51. The number of amides is 2. The first kappa shape index (κ1) is 21.0. The Balaban J connectivity index is 1.59. The van der Waals surface area contributed by atoms with Crippen LogP contribution in [0.3, 0.4) is 0 Å². The van der Waals surface area contributed by atoms with E-state index in [0.717, 1.165) is 12.8 Å². The minimum absolute atomic E-state index is 0.155. The lowest BCUT2D eigenvalue weighted by molar-refractivity contribution is -0.121. The van der Waals surface area contributed by atoms with Gasteiger partial charge in [0.15, 0.2) is 11.5 Å². The molecule has 0 atom stereocenters. The molecule has 0 saturated heterocycles. The van der Waals surface area contributed by atoms with E-state index in [4.69, 9.17) is 13.9 Å². The topological polar surface area (TPSA) is 102 Å². The molecule has 1 heterocycles. The van der Waals surface area contributed by atoms with Crippen LogP contribution in [0.5, 0.6) is 11.5 Å². The fraction of sp³-hybridized carbons (Fsp3) is 0.350. The fourth-order valence-electron chi connectivity index (χ4n) is 2.46. The smallest absolute Gasteiger partial charge is 0.251 e. The number of hydrazone groups is 1. The maximum absolute atomic E-state index is 12.2. The average Bonchev–Trinajstić information content (AvgIpc) is 3.23. The third-order valence-corrected chi connectivity index (χ3v) is 3.94. The molecule has 150 valence electrons. The van der Waals surface area contributed by atoms with E-state index in [1.54, 1.807) is 37.4 Å². The Labute approximate surface area is 163 Å². The van der Waals surface area contributed by atoms with Crippen molar-refractivity contribution in [2.24, 2.45) is 5.10 Å². The maximum atomic E-state index is 12.2. The summed E-state index contributed by atoms with van der Waals surface area (Å²) in [6.45, 7) is 0.533. The molecule has 0 saturated carbocycles. The quantitative estimate of drug-likeness (QED) is 0.351. The zero-order valence-electron chi connectivity index (χ0n) is 16.1. The van der Waals surface area contributed by atoms with Gasteiger partial charge in [0, 0.05) is 18.5 Å². The molecule has 2 amide bonds. The van der Waals surface area contributed by atoms with Crippen molar-refractivity contribution < 1.29 is 23.5 Å². The van der Waals surface area contributed by atoms with Crippen molar-refractivity contribution in [1.82, 2.24) is 10.7 Å². The second-order valence-electron chi connectivity index (χ2n) is 5.94. The van der Waals surface area contributed by atoms with Crippen LogP contribution in [0.4, 0.5) is 0 Å². The highest BCUT2D eigenvalue weighted by Crippen LogP contribution is 2.27. The summed E-state index contributed by atoms with van der Waals surface area (Å²) in [7, 11) is 3.07. The van der Waals surface area contributed by atoms with E-state index in [1.165, 1.54) is 19.6 Å². The van der Waals surface area contributed by atoms with Crippen molar-refractivity contribution in [3.05, 3.63) is 47.9 Å².